The molecule has 1 rings (SSSR count). The molecule has 25 heavy (non-hydrogen) atoms. The molecule has 0 aromatic carbocycles. The van der Waals surface area contributed by atoms with E-state index in [2.05, 4.69) is 10.6 Å². The highest BCUT2D eigenvalue weighted by atomic mass is 16.5. The number of hydrogen-bond acceptors (Lipinski definition) is 5. The smallest absolute Gasteiger partial charge is 0.275 e. The van der Waals surface area contributed by atoms with Gasteiger partial charge in [0, 0.05) is 6.04 Å². The summed E-state index contributed by atoms with van der Waals surface area (Å²) in [5, 5.41) is 25.3. The van der Waals surface area contributed by atoms with Crippen LogP contribution in [-0.2, 0) is 14.4 Å². The summed E-state index contributed by atoms with van der Waals surface area (Å²) in [7, 11) is 0. The molecule has 1 aliphatic carbocycles. The summed E-state index contributed by atoms with van der Waals surface area (Å²) in [5.41, 5.74) is -0.524. The lowest BCUT2D eigenvalue weighted by Crippen LogP contribution is -2.54. The Morgan fingerprint density at radius 1 is 1.20 bits per heavy atom. The lowest BCUT2D eigenvalue weighted by molar-refractivity contribution is -0.177. The zero-order valence-electron chi connectivity index (χ0n) is 15.7. The van der Waals surface area contributed by atoms with Crippen LogP contribution >= 0.6 is 0 Å². The summed E-state index contributed by atoms with van der Waals surface area (Å²) >= 11 is 0. The predicted molar refractivity (Wildman–Crippen MR) is 91.5 cm³/mol. The predicted octanol–water partition coefficient (Wildman–Crippen LogP) is 0.421. The van der Waals surface area contributed by atoms with Crippen LogP contribution in [0.2, 0.25) is 0 Å². The third-order valence-corrected chi connectivity index (χ3v) is 3.81. The Labute approximate surface area is 148 Å². The number of hydrogen-bond donors (Lipinski definition) is 4. The summed E-state index contributed by atoms with van der Waals surface area (Å²) in [5.74, 6) is -1.80. The van der Waals surface area contributed by atoms with E-state index >= 15 is 0 Å². The first-order valence-electron chi connectivity index (χ1n) is 8.70. The first-order valence-corrected chi connectivity index (χ1v) is 8.70. The van der Waals surface area contributed by atoms with Gasteiger partial charge in [-0.05, 0) is 24.2 Å². The molecule has 0 aromatic rings. The molecule has 144 valence electrons. The van der Waals surface area contributed by atoms with Crippen molar-refractivity contribution in [3.05, 3.63) is 0 Å². The molecule has 0 bridgehead atoms. The van der Waals surface area contributed by atoms with Crippen LogP contribution in [0.3, 0.4) is 0 Å². The standard InChI is InChI=1S/C17H31N3O5/c1-10(2)9-20(25)16(24)12(21)8-13(22)19-14(17(3,4)5)15(23)18-11-6-7-11/h10-12,14,21,25H,6-9H2,1-5H3,(H,18,23)(H,19,22)/t12-,14+/m0/s1. The number of amides is 3. The van der Waals surface area contributed by atoms with Crippen LogP contribution in [0.15, 0.2) is 0 Å². The average molecular weight is 357 g/mol. The molecule has 0 heterocycles. The molecule has 1 fully saturated rings. The van der Waals surface area contributed by atoms with E-state index in [0.29, 0.717) is 5.06 Å². The summed E-state index contributed by atoms with van der Waals surface area (Å²) in [6.45, 7) is 9.15. The van der Waals surface area contributed by atoms with Gasteiger partial charge in [0.2, 0.25) is 11.8 Å². The van der Waals surface area contributed by atoms with E-state index in [1.165, 1.54) is 0 Å². The lowest BCUT2D eigenvalue weighted by Gasteiger charge is -2.30. The third-order valence-electron chi connectivity index (χ3n) is 3.81. The Hall–Kier alpha value is -1.67. The Morgan fingerprint density at radius 3 is 2.20 bits per heavy atom. The number of rotatable bonds is 8. The molecule has 0 unspecified atom stereocenters. The van der Waals surface area contributed by atoms with Crippen molar-refractivity contribution in [2.75, 3.05) is 6.54 Å². The van der Waals surface area contributed by atoms with Crippen molar-refractivity contribution in [3.63, 3.8) is 0 Å². The largest absolute Gasteiger partial charge is 0.383 e. The fourth-order valence-electron chi connectivity index (χ4n) is 2.28. The van der Waals surface area contributed by atoms with E-state index < -0.39 is 35.8 Å². The molecule has 1 saturated carbocycles. The summed E-state index contributed by atoms with van der Waals surface area (Å²) in [6, 6.07) is -0.607. The molecule has 4 N–H and O–H groups in total. The van der Waals surface area contributed by atoms with Gasteiger partial charge in [-0.15, -0.1) is 0 Å². The highest BCUT2D eigenvalue weighted by molar-refractivity contribution is 5.91. The van der Waals surface area contributed by atoms with Crippen LogP contribution in [0.4, 0.5) is 0 Å². The van der Waals surface area contributed by atoms with E-state index in [9.17, 15) is 24.7 Å². The maximum absolute atomic E-state index is 12.3. The highest BCUT2D eigenvalue weighted by Crippen LogP contribution is 2.23. The Morgan fingerprint density at radius 2 is 1.76 bits per heavy atom. The van der Waals surface area contributed by atoms with Gasteiger partial charge in [-0.1, -0.05) is 34.6 Å². The molecule has 8 nitrogen and oxygen atoms in total. The third kappa shape index (κ3) is 7.39. The Bertz CT molecular complexity index is 497. The summed E-state index contributed by atoms with van der Waals surface area (Å²) < 4.78 is 0. The van der Waals surface area contributed by atoms with E-state index in [-0.39, 0.29) is 24.4 Å². The normalized spacial score (nSPS) is 17.0. The van der Waals surface area contributed by atoms with Gasteiger partial charge in [-0.2, -0.15) is 0 Å². The maximum atomic E-state index is 12.3. The van der Waals surface area contributed by atoms with E-state index in [0.717, 1.165) is 12.8 Å². The van der Waals surface area contributed by atoms with Crippen molar-refractivity contribution in [2.45, 2.75) is 72.1 Å². The number of hydroxylamine groups is 2. The van der Waals surface area contributed by atoms with Crippen LogP contribution in [0.1, 0.15) is 53.9 Å². The second-order valence-corrected chi connectivity index (χ2v) is 8.18. The second-order valence-electron chi connectivity index (χ2n) is 8.18. The number of nitrogens with one attached hydrogen (secondary N) is 2. The van der Waals surface area contributed by atoms with E-state index in [1.807, 2.05) is 34.6 Å². The van der Waals surface area contributed by atoms with Crippen molar-refractivity contribution in [3.8, 4) is 0 Å². The minimum atomic E-state index is -1.66. The minimum absolute atomic E-state index is 0.0198. The monoisotopic (exact) mass is 357 g/mol. The van der Waals surface area contributed by atoms with Gasteiger partial charge in [-0.25, -0.2) is 5.06 Å². The topological polar surface area (TPSA) is 119 Å². The van der Waals surface area contributed by atoms with Crippen molar-refractivity contribution < 1.29 is 24.7 Å². The fourth-order valence-corrected chi connectivity index (χ4v) is 2.28. The Kier molecular flexibility index (Phi) is 7.37. The van der Waals surface area contributed by atoms with Crippen LogP contribution in [0, 0.1) is 11.3 Å². The van der Waals surface area contributed by atoms with E-state index in [4.69, 9.17) is 0 Å². The molecule has 0 radical (unpaired) electrons. The minimum Gasteiger partial charge on any atom is -0.383 e. The SMILES string of the molecule is CC(C)CN(O)C(=O)[C@@H](O)CC(=O)N[C@H](C(=O)NC1CC1)C(C)(C)C. The highest BCUT2D eigenvalue weighted by Gasteiger charge is 2.36. The van der Waals surface area contributed by atoms with Gasteiger partial charge in [-0.3, -0.25) is 19.6 Å². The number of aliphatic hydroxyl groups excluding tert-OH is 1. The van der Waals surface area contributed by atoms with E-state index in [1.54, 1.807) is 0 Å². The summed E-state index contributed by atoms with van der Waals surface area (Å²) in [6.07, 6.45) is -0.300. The number of carbonyl (C=O) groups is 3. The first-order chi connectivity index (χ1) is 11.4. The van der Waals surface area contributed by atoms with Crippen molar-refractivity contribution >= 4 is 17.7 Å². The molecule has 0 aromatic heterocycles. The van der Waals surface area contributed by atoms with Crippen LogP contribution in [-0.4, -0.2) is 57.8 Å². The number of nitrogens with zero attached hydrogens (tertiary/aromatic N) is 1. The zero-order chi connectivity index (χ0) is 19.4. The number of aliphatic hydroxyl groups is 1. The molecular weight excluding hydrogens is 326 g/mol. The lowest BCUT2D eigenvalue weighted by atomic mass is 9.86. The molecule has 0 spiro atoms. The molecule has 0 aliphatic heterocycles. The van der Waals surface area contributed by atoms with Crippen LogP contribution in [0.5, 0.6) is 0 Å². The average Bonchev–Trinajstić information content (AvgIpc) is 3.25. The van der Waals surface area contributed by atoms with Gasteiger partial charge in [0.25, 0.3) is 5.91 Å². The van der Waals surface area contributed by atoms with Gasteiger partial charge < -0.3 is 15.7 Å². The van der Waals surface area contributed by atoms with Gasteiger partial charge in [0.05, 0.1) is 13.0 Å². The quantitative estimate of drug-likeness (QED) is 0.371. The molecular formula is C17H31N3O5. The summed E-state index contributed by atoms with van der Waals surface area (Å²) in [4.78, 5) is 36.3. The maximum Gasteiger partial charge on any atom is 0.275 e. The molecule has 2 atom stereocenters. The second kappa shape index (κ2) is 8.62. The van der Waals surface area contributed by atoms with Gasteiger partial charge >= 0.3 is 0 Å². The van der Waals surface area contributed by atoms with Crippen molar-refractivity contribution in [2.24, 2.45) is 11.3 Å². The van der Waals surface area contributed by atoms with Crippen LogP contribution < -0.4 is 10.6 Å². The Balaban J connectivity index is 2.61. The molecule has 0 saturated heterocycles. The number of carbonyl (C=O) groups excluding carboxylic acids is 3. The zero-order valence-corrected chi connectivity index (χ0v) is 15.7. The van der Waals surface area contributed by atoms with Crippen molar-refractivity contribution in [1.82, 2.24) is 15.7 Å². The van der Waals surface area contributed by atoms with Crippen LogP contribution in [0.25, 0.3) is 0 Å². The molecule has 8 heteroatoms. The van der Waals surface area contributed by atoms with Crippen molar-refractivity contribution in [1.29, 1.82) is 0 Å². The first kappa shape index (κ1) is 21.4. The fraction of sp³-hybridized carbons (Fsp3) is 0.824. The van der Waals surface area contributed by atoms with Gasteiger partial charge in [0.1, 0.15) is 12.1 Å². The van der Waals surface area contributed by atoms with Gasteiger partial charge in [0.15, 0.2) is 0 Å². The molecule has 3 amide bonds. The molecule has 1 aliphatic rings.